The molecule has 27 heavy (non-hydrogen) atoms. The number of benzene rings is 2. The normalized spacial score (nSPS) is 11.5. The number of fused-ring (bicyclic) bond motifs is 1. The Bertz CT molecular complexity index is 1150. The molecule has 1 N–H and O–H groups in total. The molecule has 1 heterocycles. The monoisotopic (exact) mass is 405 g/mol. The molecular weight excluding hydrogens is 390 g/mol. The fourth-order valence-electron chi connectivity index (χ4n) is 2.59. The number of aromatic amines is 1. The smallest absolute Gasteiger partial charge is 0.310 e. The van der Waals surface area contributed by atoms with Crippen LogP contribution in [0.25, 0.3) is 10.9 Å². The van der Waals surface area contributed by atoms with Crippen LogP contribution < -0.4 is 4.74 Å². The highest BCUT2D eigenvalue weighted by Crippen LogP contribution is 2.33. The van der Waals surface area contributed by atoms with E-state index in [0.717, 1.165) is 6.26 Å². The molecule has 2 aromatic carbocycles. The van der Waals surface area contributed by atoms with Crippen LogP contribution in [0.2, 0.25) is 5.02 Å². The summed E-state index contributed by atoms with van der Waals surface area (Å²) in [6.45, 7) is 1.65. The lowest BCUT2D eigenvalue weighted by Gasteiger charge is -2.06. The van der Waals surface area contributed by atoms with Crippen LogP contribution in [0.3, 0.4) is 0 Å². The van der Waals surface area contributed by atoms with E-state index in [0.29, 0.717) is 15.9 Å². The molecule has 8 heteroatoms. The second kappa shape index (κ2) is 7.17. The Hall–Kier alpha value is -2.64. The maximum atomic E-state index is 12.9. The minimum Gasteiger partial charge on any atom is -0.423 e. The SMILES string of the molecule is CCC(=O)Oc1c(C(=O)c2ccc(S(C)(=O)=O)cc2)[nH]c2cc(Cl)ccc12. The molecule has 0 spiro atoms. The van der Waals surface area contributed by atoms with Crippen molar-refractivity contribution in [3.05, 3.63) is 58.7 Å². The van der Waals surface area contributed by atoms with E-state index in [1.807, 2.05) is 0 Å². The molecule has 0 radical (unpaired) electrons. The molecule has 1 aromatic heterocycles. The van der Waals surface area contributed by atoms with Gasteiger partial charge < -0.3 is 9.72 Å². The number of ether oxygens (including phenoxy) is 1. The second-order valence-corrected chi connectivity index (χ2v) is 8.42. The van der Waals surface area contributed by atoms with Crippen LogP contribution in [-0.2, 0) is 14.6 Å². The van der Waals surface area contributed by atoms with Crippen molar-refractivity contribution >= 4 is 44.1 Å². The van der Waals surface area contributed by atoms with E-state index in [9.17, 15) is 18.0 Å². The van der Waals surface area contributed by atoms with Gasteiger partial charge in [0.2, 0.25) is 5.78 Å². The van der Waals surface area contributed by atoms with Gasteiger partial charge >= 0.3 is 5.97 Å². The number of hydrogen-bond donors (Lipinski definition) is 1. The highest BCUT2D eigenvalue weighted by molar-refractivity contribution is 7.90. The number of sulfone groups is 1. The van der Waals surface area contributed by atoms with Crippen LogP contribution in [0.4, 0.5) is 0 Å². The Balaban J connectivity index is 2.10. The number of halogens is 1. The van der Waals surface area contributed by atoms with Gasteiger partial charge in [-0.2, -0.15) is 0 Å². The lowest BCUT2D eigenvalue weighted by Crippen LogP contribution is -2.10. The summed E-state index contributed by atoms with van der Waals surface area (Å²) in [6.07, 6.45) is 1.24. The number of carbonyl (C=O) groups excluding carboxylic acids is 2. The van der Waals surface area contributed by atoms with Crippen molar-refractivity contribution in [3.8, 4) is 5.75 Å². The maximum absolute atomic E-state index is 12.9. The maximum Gasteiger partial charge on any atom is 0.310 e. The molecule has 3 rings (SSSR count). The molecule has 0 atom stereocenters. The van der Waals surface area contributed by atoms with E-state index < -0.39 is 21.6 Å². The van der Waals surface area contributed by atoms with Crippen molar-refractivity contribution in [1.29, 1.82) is 0 Å². The van der Waals surface area contributed by atoms with Crippen LogP contribution in [0, 0.1) is 0 Å². The largest absolute Gasteiger partial charge is 0.423 e. The van der Waals surface area contributed by atoms with Gasteiger partial charge in [0.15, 0.2) is 15.6 Å². The molecule has 0 aliphatic rings. The molecule has 3 aromatic rings. The first-order chi connectivity index (χ1) is 12.7. The first-order valence-electron chi connectivity index (χ1n) is 8.07. The van der Waals surface area contributed by atoms with Gasteiger partial charge in [-0.15, -0.1) is 0 Å². The zero-order valence-electron chi connectivity index (χ0n) is 14.6. The van der Waals surface area contributed by atoms with Gasteiger partial charge in [0.05, 0.1) is 10.4 Å². The third-order valence-electron chi connectivity index (χ3n) is 3.99. The highest BCUT2D eigenvalue weighted by Gasteiger charge is 2.23. The van der Waals surface area contributed by atoms with E-state index in [1.165, 1.54) is 24.3 Å². The summed E-state index contributed by atoms with van der Waals surface area (Å²) in [4.78, 5) is 27.8. The van der Waals surface area contributed by atoms with Crippen molar-refractivity contribution < 1.29 is 22.7 Å². The van der Waals surface area contributed by atoms with Gasteiger partial charge in [-0.3, -0.25) is 9.59 Å². The van der Waals surface area contributed by atoms with Crippen molar-refractivity contribution in [1.82, 2.24) is 4.98 Å². The Morgan fingerprint density at radius 1 is 1.11 bits per heavy atom. The fourth-order valence-corrected chi connectivity index (χ4v) is 3.40. The Morgan fingerprint density at radius 3 is 2.37 bits per heavy atom. The van der Waals surface area contributed by atoms with Crippen molar-refractivity contribution in [3.63, 3.8) is 0 Å². The lowest BCUT2D eigenvalue weighted by molar-refractivity contribution is -0.133. The quantitative estimate of drug-likeness (QED) is 0.515. The number of carbonyl (C=O) groups is 2. The summed E-state index contributed by atoms with van der Waals surface area (Å²) >= 11 is 6.00. The van der Waals surface area contributed by atoms with Gasteiger partial charge in [-0.25, -0.2) is 8.42 Å². The van der Waals surface area contributed by atoms with E-state index in [2.05, 4.69) is 4.98 Å². The van der Waals surface area contributed by atoms with E-state index in [1.54, 1.807) is 25.1 Å². The molecule has 0 aliphatic carbocycles. The zero-order chi connectivity index (χ0) is 19.8. The van der Waals surface area contributed by atoms with Crippen molar-refractivity contribution in [2.45, 2.75) is 18.2 Å². The van der Waals surface area contributed by atoms with Gasteiger partial charge in [0.25, 0.3) is 0 Å². The predicted octanol–water partition coefficient (Wildman–Crippen LogP) is 3.77. The Morgan fingerprint density at radius 2 is 1.78 bits per heavy atom. The van der Waals surface area contributed by atoms with Crippen LogP contribution in [0.1, 0.15) is 29.4 Å². The van der Waals surface area contributed by atoms with E-state index >= 15 is 0 Å². The standard InChI is InChI=1S/C19H16ClNO5S/c1-3-16(22)26-19-14-9-6-12(20)10-15(14)21-17(19)18(23)11-4-7-13(8-5-11)27(2,24)25/h4-10,21H,3H2,1-2H3. The molecule has 0 amide bonds. The minimum absolute atomic E-state index is 0.0983. The second-order valence-electron chi connectivity index (χ2n) is 5.97. The third kappa shape index (κ3) is 3.89. The lowest BCUT2D eigenvalue weighted by atomic mass is 10.1. The van der Waals surface area contributed by atoms with Gasteiger partial charge in [0, 0.05) is 28.6 Å². The fraction of sp³-hybridized carbons (Fsp3) is 0.158. The number of H-pyrrole nitrogens is 1. The summed E-state index contributed by atoms with van der Waals surface area (Å²) in [5.74, 6) is -0.778. The molecular formula is C19H16ClNO5S. The third-order valence-corrected chi connectivity index (χ3v) is 5.35. The summed E-state index contributed by atoms with van der Waals surface area (Å²) < 4.78 is 28.5. The topological polar surface area (TPSA) is 93.3 Å². The first-order valence-corrected chi connectivity index (χ1v) is 10.3. The number of nitrogens with one attached hydrogen (secondary N) is 1. The predicted molar refractivity (Wildman–Crippen MR) is 102 cm³/mol. The average Bonchev–Trinajstić information content (AvgIpc) is 2.97. The molecule has 0 saturated carbocycles. The molecule has 0 bridgehead atoms. The summed E-state index contributed by atoms with van der Waals surface area (Å²) in [5.41, 5.74) is 0.910. The van der Waals surface area contributed by atoms with Gasteiger partial charge in [-0.05, 0) is 42.5 Å². The molecule has 0 fully saturated rings. The van der Waals surface area contributed by atoms with E-state index in [-0.39, 0.29) is 28.3 Å². The van der Waals surface area contributed by atoms with Gasteiger partial charge in [-0.1, -0.05) is 18.5 Å². The first kappa shape index (κ1) is 19.1. The molecule has 6 nitrogen and oxygen atoms in total. The van der Waals surface area contributed by atoms with Crippen LogP contribution >= 0.6 is 11.6 Å². The molecule has 0 aliphatic heterocycles. The minimum atomic E-state index is -3.37. The van der Waals surface area contributed by atoms with Gasteiger partial charge in [0.1, 0.15) is 5.69 Å². The van der Waals surface area contributed by atoms with Crippen LogP contribution in [0.15, 0.2) is 47.4 Å². The highest BCUT2D eigenvalue weighted by atomic mass is 35.5. The number of ketones is 1. The molecule has 0 saturated heterocycles. The van der Waals surface area contributed by atoms with Crippen molar-refractivity contribution in [2.75, 3.05) is 6.26 Å². The number of rotatable bonds is 5. The summed E-state index contributed by atoms with van der Waals surface area (Å²) in [6, 6.07) is 10.5. The molecule has 140 valence electrons. The summed E-state index contributed by atoms with van der Waals surface area (Å²) in [7, 11) is -3.37. The van der Waals surface area contributed by atoms with E-state index in [4.69, 9.17) is 16.3 Å². The number of esters is 1. The molecule has 0 unspecified atom stereocenters. The van der Waals surface area contributed by atoms with Crippen LogP contribution in [-0.4, -0.2) is 31.4 Å². The Kier molecular flexibility index (Phi) is 5.08. The number of aromatic nitrogens is 1. The summed E-state index contributed by atoms with van der Waals surface area (Å²) in [5, 5.41) is 1.02. The van der Waals surface area contributed by atoms with Crippen molar-refractivity contribution in [2.24, 2.45) is 0 Å². The Labute approximate surface area is 161 Å². The zero-order valence-corrected chi connectivity index (χ0v) is 16.1. The van der Waals surface area contributed by atoms with Crippen LogP contribution in [0.5, 0.6) is 5.75 Å². The number of hydrogen-bond acceptors (Lipinski definition) is 5. The average molecular weight is 406 g/mol.